The van der Waals surface area contributed by atoms with Crippen LogP contribution in [0.5, 0.6) is 5.75 Å². The smallest absolute Gasteiger partial charge is 0.243 e. The number of likely N-dealkylation sites (tertiary alicyclic amines) is 1. The largest absolute Gasteiger partial charge is 0.497 e. The van der Waals surface area contributed by atoms with Crippen molar-refractivity contribution >= 4 is 45.1 Å². The van der Waals surface area contributed by atoms with Crippen molar-refractivity contribution in [3.63, 3.8) is 0 Å². The third-order valence-corrected chi connectivity index (χ3v) is 8.19. The number of hydrogen-bond acceptors (Lipinski definition) is 8. The summed E-state index contributed by atoms with van der Waals surface area (Å²) in [5, 5.41) is 6.33. The molecule has 2 amide bonds. The summed E-state index contributed by atoms with van der Waals surface area (Å²) in [5.41, 5.74) is 12.6. The number of carbonyl (C=O) groups excluding carboxylic acids is 3. The van der Waals surface area contributed by atoms with E-state index in [2.05, 4.69) is 20.6 Å². The molecule has 1 aliphatic rings. The highest BCUT2D eigenvalue weighted by Gasteiger charge is 2.38. The molecule has 0 aliphatic carbocycles. The summed E-state index contributed by atoms with van der Waals surface area (Å²) in [5.74, 6) is -0.151. The maximum absolute atomic E-state index is 13.6. The minimum Gasteiger partial charge on any atom is -0.497 e. The van der Waals surface area contributed by atoms with Gasteiger partial charge in [0.1, 0.15) is 11.8 Å². The number of nitrogens with two attached hydrogens (primary N) is 2. The number of fused-ring (bicyclic) bond motifs is 1. The molecule has 3 aromatic rings. The number of nitrogens with zero attached hydrogens (tertiary/aromatic N) is 3. The summed E-state index contributed by atoms with van der Waals surface area (Å²) >= 11 is 1.25. The van der Waals surface area contributed by atoms with Crippen molar-refractivity contribution in [3.05, 3.63) is 59.1 Å². The summed E-state index contributed by atoms with van der Waals surface area (Å²) in [6.45, 7) is 0.795. The second-order valence-electron chi connectivity index (χ2n) is 9.95. The summed E-state index contributed by atoms with van der Waals surface area (Å²) in [6.07, 6.45) is 2.52. The Balaban J connectivity index is 1.50. The van der Waals surface area contributed by atoms with Crippen molar-refractivity contribution in [1.82, 2.24) is 20.5 Å². The number of carbonyl (C=O) groups is 3. The molecule has 2 heterocycles. The molecule has 41 heavy (non-hydrogen) atoms. The van der Waals surface area contributed by atoms with Crippen molar-refractivity contribution in [2.45, 2.75) is 50.2 Å². The third kappa shape index (κ3) is 7.59. The first kappa shape index (κ1) is 29.9. The number of thiazole rings is 1. The van der Waals surface area contributed by atoms with Crippen LogP contribution in [0.3, 0.4) is 0 Å². The number of benzene rings is 2. The Bertz CT molecular complexity index is 1390. The molecule has 11 nitrogen and oxygen atoms in total. The van der Waals surface area contributed by atoms with Gasteiger partial charge in [0.2, 0.25) is 17.6 Å². The number of ether oxygens (including phenoxy) is 1. The number of methoxy groups -OCH3 is 1. The number of Topliss-reactive ketones (excluding diaryl/α,β-unsaturated/α-hetero) is 1. The minimum absolute atomic E-state index is 0.0354. The molecule has 1 saturated heterocycles. The molecule has 12 heteroatoms. The van der Waals surface area contributed by atoms with Gasteiger partial charge >= 0.3 is 0 Å². The Morgan fingerprint density at radius 2 is 1.95 bits per heavy atom. The van der Waals surface area contributed by atoms with Gasteiger partial charge in [-0.3, -0.25) is 19.4 Å². The van der Waals surface area contributed by atoms with Crippen molar-refractivity contribution in [3.8, 4) is 5.75 Å². The number of ketones is 1. The maximum Gasteiger partial charge on any atom is 0.243 e. The Morgan fingerprint density at radius 3 is 2.66 bits per heavy atom. The molecule has 218 valence electrons. The highest BCUT2D eigenvalue weighted by atomic mass is 32.1. The molecule has 2 aromatic carbocycles. The average molecular weight is 580 g/mol. The fraction of sp³-hybridized carbons (Fsp3) is 0.414. The highest BCUT2D eigenvalue weighted by molar-refractivity contribution is 7.20. The van der Waals surface area contributed by atoms with E-state index < -0.39 is 18.1 Å². The standard InChI is InChI=1S/C29H37N7O4S/c1-32-22(16-18-8-4-3-5-9-18)28(39)36-15-7-11-23(36)26(38)34-21(10-6-14-33-29(30)31)25(37)27-35-20-13-12-19(40-2)17-24(20)41-27/h3-5,8-9,12-13,17,21-23,32H,6-7,10-11,14-16H2,1-2H3,(H,34,38)(H4,30,31,33)/t21-,22+,23-/m0/s1. The van der Waals surface area contributed by atoms with Crippen LogP contribution in [0.4, 0.5) is 0 Å². The zero-order chi connectivity index (χ0) is 29.4. The van der Waals surface area contributed by atoms with Crippen LogP contribution in [0.2, 0.25) is 0 Å². The van der Waals surface area contributed by atoms with Crippen molar-refractivity contribution in [2.75, 3.05) is 27.2 Å². The van der Waals surface area contributed by atoms with E-state index >= 15 is 0 Å². The van der Waals surface area contributed by atoms with Crippen LogP contribution >= 0.6 is 11.3 Å². The number of amides is 2. The van der Waals surface area contributed by atoms with E-state index in [4.69, 9.17) is 16.2 Å². The molecular weight excluding hydrogens is 542 g/mol. The van der Waals surface area contributed by atoms with Gasteiger partial charge in [-0.1, -0.05) is 30.3 Å². The zero-order valence-electron chi connectivity index (χ0n) is 23.3. The molecule has 3 atom stereocenters. The van der Waals surface area contributed by atoms with E-state index in [0.29, 0.717) is 56.5 Å². The molecule has 0 spiro atoms. The molecular formula is C29H37N7O4S. The van der Waals surface area contributed by atoms with E-state index in [0.717, 1.165) is 10.3 Å². The fourth-order valence-corrected chi connectivity index (χ4v) is 5.98. The average Bonchev–Trinajstić information content (AvgIpc) is 3.64. The molecule has 0 saturated carbocycles. The Morgan fingerprint density at radius 1 is 1.17 bits per heavy atom. The van der Waals surface area contributed by atoms with E-state index in [-0.39, 0.29) is 28.6 Å². The second kappa shape index (κ2) is 14.0. The molecule has 1 fully saturated rings. The van der Waals surface area contributed by atoms with Crippen LogP contribution in [0.15, 0.2) is 53.5 Å². The second-order valence-corrected chi connectivity index (χ2v) is 11.0. The van der Waals surface area contributed by atoms with Crippen LogP contribution in [0.25, 0.3) is 10.2 Å². The van der Waals surface area contributed by atoms with Crippen molar-refractivity contribution < 1.29 is 19.1 Å². The van der Waals surface area contributed by atoms with Crippen molar-refractivity contribution in [2.24, 2.45) is 16.5 Å². The first-order chi connectivity index (χ1) is 19.8. The van der Waals surface area contributed by atoms with Crippen LogP contribution in [0, 0.1) is 0 Å². The predicted molar refractivity (Wildman–Crippen MR) is 160 cm³/mol. The van der Waals surface area contributed by atoms with Crippen LogP contribution in [-0.4, -0.2) is 78.8 Å². The van der Waals surface area contributed by atoms with Gasteiger partial charge in [0.25, 0.3) is 0 Å². The topological polar surface area (TPSA) is 165 Å². The molecule has 1 aromatic heterocycles. The Kier molecular flexibility index (Phi) is 10.3. The number of aliphatic imine (C=N–C) groups is 1. The lowest BCUT2D eigenvalue weighted by atomic mass is 10.0. The first-order valence-electron chi connectivity index (χ1n) is 13.7. The lowest BCUT2D eigenvalue weighted by Gasteiger charge is -2.29. The van der Waals surface area contributed by atoms with E-state index in [1.165, 1.54) is 11.3 Å². The highest BCUT2D eigenvalue weighted by Crippen LogP contribution is 2.28. The Hall–Kier alpha value is -4.03. The van der Waals surface area contributed by atoms with E-state index in [9.17, 15) is 14.4 Å². The number of aromatic nitrogens is 1. The van der Waals surface area contributed by atoms with Gasteiger partial charge in [-0.2, -0.15) is 0 Å². The van der Waals surface area contributed by atoms with Gasteiger partial charge in [-0.05, 0) is 62.9 Å². The van der Waals surface area contributed by atoms with Crippen LogP contribution < -0.4 is 26.8 Å². The lowest BCUT2D eigenvalue weighted by Crippen LogP contribution is -2.54. The summed E-state index contributed by atoms with van der Waals surface area (Å²) < 4.78 is 6.10. The lowest BCUT2D eigenvalue weighted by molar-refractivity contribution is -0.140. The van der Waals surface area contributed by atoms with E-state index in [1.54, 1.807) is 31.2 Å². The molecule has 0 bridgehead atoms. The van der Waals surface area contributed by atoms with Gasteiger partial charge in [-0.25, -0.2) is 4.98 Å². The number of nitrogens with one attached hydrogen (secondary N) is 2. The van der Waals surface area contributed by atoms with Crippen molar-refractivity contribution in [1.29, 1.82) is 0 Å². The SMILES string of the molecule is CN[C@H](Cc1ccccc1)C(=O)N1CCC[C@H]1C(=O)N[C@@H](CCCN=C(N)N)C(=O)c1nc2ccc(OC)cc2s1. The quantitative estimate of drug-likeness (QED) is 0.103. The molecule has 4 rings (SSSR count). The fourth-order valence-electron chi connectivity index (χ4n) is 4.99. The molecule has 6 N–H and O–H groups in total. The number of hydrogen-bond donors (Lipinski definition) is 4. The van der Waals surface area contributed by atoms with Crippen LogP contribution in [-0.2, 0) is 16.0 Å². The summed E-state index contributed by atoms with van der Waals surface area (Å²) in [4.78, 5) is 50.9. The molecule has 0 unspecified atom stereocenters. The van der Waals surface area contributed by atoms with E-state index in [1.807, 2.05) is 36.4 Å². The van der Waals surface area contributed by atoms with Gasteiger partial charge < -0.3 is 31.7 Å². The summed E-state index contributed by atoms with van der Waals surface area (Å²) in [7, 11) is 3.32. The number of guanidine groups is 1. The molecule has 0 radical (unpaired) electrons. The number of rotatable bonds is 13. The van der Waals surface area contributed by atoms with Gasteiger partial charge in [0.05, 0.1) is 29.4 Å². The molecule has 1 aliphatic heterocycles. The third-order valence-electron chi connectivity index (χ3n) is 7.15. The van der Waals surface area contributed by atoms with Gasteiger partial charge in [0.15, 0.2) is 11.0 Å². The van der Waals surface area contributed by atoms with Gasteiger partial charge in [0, 0.05) is 13.1 Å². The monoisotopic (exact) mass is 579 g/mol. The minimum atomic E-state index is -0.846. The summed E-state index contributed by atoms with van der Waals surface area (Å²) in [6, 6.07) is 13.2. The zero-order valence-corrected chi connectivity index (χ0v) is 24.2. The first-order valence-corrected chi connectivity index (χ1v) is 14.5. The predicted octanol–water partition coefficient (Wildman–Crippen LogP) is 1.85. The normalized spacial score (nSPS) is 16.2. The van der Waals surface area contributed by atoms with Crippen LogP contribution in [0.1, 0.15) is 41.0 Å². The Labute approximate surface area is 243 Å². The maximum atomic E-state index is 13.6. The van der Waals surface area contributed by atoms with Gasteiger partial charge in [-0.15, -0.1) is 11.3 Å². The number of likely N-dealkylation sites (N-methyl/N-ethyl adjacent to an activating group) is 1.